The molecule has 124 valence electrons. The summed E-state index contributed by atoms with van der Waals surface area (Å²) in [5.41, 5.74) is -0.853. The number of nitrogens with zero attached hydrogens (tertiary/aromatic N) is 2. The van der Waals surface area contributed by atoms with E-state index in [4.69, 9.17) is 4.74 Å². The van der Waals surface area contributed by atoms with Gasteiger partial charge in [-0.05, 0) is 19.1 Å². The molecule has 0 saturated carbocycles. The average Bonchev–Trinajstić information content (AvgIpc) is 2.92. The van der Waals surface area contributed by atoms with E-state index in [9.17, 15) is 18.0 Å². The minimum Gasteiger partial charge on any atom is -0.461 e. The van der Waals surface area contributed by atoms with E-state index in [1.54, 1.807) is 20.8 Å². The van der Waals surface area contributed by atoms with Gasteiger partial charge in [0.2, 0.25) is 0 Å². The molecule has 0 aliphatic heterocycles. The molecular formula is C16H17F3N2O2. The van der Waals surface area contributed by atoms with Gasteiger partial charge in [0.1, 0.15) is 5.82 Å². The highest BCUT2D eigenvalue weighted by Crippen LogP contribution is 2.35. The Morgan fingerprint density at radius 2 is 1.96 bits per heavy atom. The first-order chi connectivity index (χ1) is 10.8. The average molecular weight is 326 g/mol. The number of carbonyl (C=O) groups excluding carboxylic acids is 1. The van der Waals surface area contributed by atoms with Crippen LogP contribution in [0.3, 0.4) is 0 Å². The minimum atomic E-state index is -4.50. The summed E-state index contributed by atoms with van der Waals surface area (Å²) in [6.07, 6.45) is -3.21. The van der Waals surface area contributed by atoms with Crippen LogP contribution in [0.5, 0.6) is 0 Å². The molecule has 4 nitrogen and oxygen atoms in total. The van der Waals surface area contributed by atoms with Crippen LogP contribution in [0.4, 0.5) is 13.2 Å². The van der Waals surface area contributed by atoms with Gasteiger partial charge in [0.05, 0.1) is 17.9 Å². The standard InChI is InChI=1S/C16H17F3N2O2/c1-4-23-15(22)12-9-21(14(20-12)10(2)3)13-8-6-5-7-11(13)16(17,18)19/h5-10H,4H2,1-3H3. The summed E-state index contributed by atoms with van der Waals surface area (Å²) in [7, 11) is 0. The summed E-state index contributed by atoms with van der Waals surface area (Å²) in [6.45, 7) is 5.41. The lowest BCUT2D eigenvalue weighted by molar-refractivity contribution is -0.137. The van der Waals surface area contributed by atoms with Gasteiger partial charge in [-0.25, -0.2) is 9.78 Å². The third-order valence-electron chi connectivity index (χ3n) is 3.20. The molecule has 2 aromatic rings. The highest BCUT2D eigenvalue weighted by atomic mass is 19.4. The number of hydrogen-bond acceptors (Lipinski definition) is 3. The molecule has 0 saturated heterocycles. The normalized spacial score (nSPS) is 11.8. The molecule has 7 heteroatoms. The van der Waals surface area contributed by atoms with Crippen molar-refractivity contribution in [3.8, 4) is 5.69 Å². The molecule has 0 aliphatic rings. The van der Waals surface area contributed by atoms with Gasteiger partial charge < -0.3 is 9.30 Å². The largest absolute Gasteiger partial charge is 0.461 e. The van der Waals surface area contributed by atoms with Crippen molar-refractivity contribution >= 4 is 5.97 Å². The molecule has 0 radical (unpaired) electrons. The van der Waals surface area contributed by atoms with E-state index in [1.165, 1.54) is 29.0 Å². The van der Waals surface area contributed by atoms with Crippen molar-refractivity contribution in [3.05, 3.63) is 47.5 Å². The van der Waals surface area contributed by atoms with Gasteiger partial charge in [-0.1, -0.05) is 26.0 Å². The highest BCUT2D eigenvalue weighted by molar-refractivity contribution is 5.87. The number of para-hydroxylation sites is 1. The van der Waals surface area contributed by atoms with Gasteiger partial charge in [0, 0.05) is 12.1 Å². The first-order valence-corrected chi connectivity index (χ1v) is 7.18. The van der Waals surface area contributed by atoms with E-state index in [-0.39, 0.29) is 23.9 Å². The van der Waals surface area contributed by atoms with E-state index < -0.39 is 17.7 Å². The zero-order valence-corrected chi connectivity index (χ0v) is 13.0. The molecular weight excluding hydrogens is 309 g/mol. The summed E-state index contributed by atoms with van der Waals surface area (Å²) >= 11 is 0. The Hall–Kier alpha value is -2.31. The maximum atomic E-state index is 13.2. The summed E-state index contributed by atoms with van der Waals surface area (Å²) in [4.78, 5) is 16.0. The number of benzene rings is 1. The number of halogens is 3. The number of imidazole rings is 1. The van der Waals surface area contributed by atoms with Gasteiger partial charge in [-0.15, -0.1) is 0 Å². The van der Waals surface area contributed by atoms with E-state index in [1.807, 2.05) is 0 Å². The molecule has 0 amide bonds. The lowest BCUT2D eigenvalue weighted by atomic mass is 10.1. The number of hydrogen-bond donors (Lipinski definition) is 0. The first-order valence-electron chi connectivity index (χ1n) is 7.18. The molecule has 0 atom stereocenters. The minimum absolute atomic E-state index is 0.00692. The van der Waals surface area contributed by atoms with Crippen molar-refractivity contribution in [3.63, 3.8) is 0 Å². The summed E-state index contributed by atoms with van der Waals surface area (Å²) < 4.78 is 45.9. The predicted molar refractivity (Wildman–Crippen MR) is 78.6 cm³/mol. The molecule has 0 fully saturated rings. The van der Waals surface area contributed by atoms with Crippen LogP contribution in [0.1, 0.15) is 48.6 Å². The van der Waals surface area contributed by atoms with Crippen molar-refractivity contribution < 1.29 is 22.7 Å². The first kappa shape index (κ1) is 17.1. The Morgan fingerprint density at radius 3 is 2.52 bits per heavy atom. The molecule has 0 unspecified atom stereocenters. The Kier molecular flexibility index (Phi) is 4.77. The fourth-order valence-electron chi connectivity index (χ4n) is 2.22. The van der Waals surface area contributed by atoms with Crippen molar-refractivity contribution in [2.24, 2.45) is 0 Å². The SMILES string of the molecule is CCOC(=O)c1cn(-c2ccccc2C(F)(F)F)c(C(C)C)n1. The van der Waals surface area contributed by atoms with Crippen molar-refractivity contribution in [1.82, 2.24) is 9.55 Å². The number of rotatable bonds is 4. The second-order valence-electron chi connectivity index (χ2n) is 5.24. The lowest BCUT2D eigenvalue weighted by Crippen LogP contribution is -2.12. The fraction of sp³-hybridized carbons (Fsp3) is 0.375. The van der Waals surface area contributed by atoms with Crippen LogP contribution in [-0.4, -0.2) is 22.1 Å². The Labute approximate surface area is 131 Å². The number of ether oxygens (including phenoxy) is 1. The van der Waals surface area contributed by atoms with Gasteiger partial charge in [0.25, 0.3) is 0 Å². The highest BCUT2D eigenvalue weighted by Gasteiger charge is 2.34. The number of esters is 1. The molecule has 2 rings (SSSR count). The van der Waals surface area contributed by atoms with Crippen molar-refractivity contribution in [2.45, 2.75) is 32.9 Å². The summed E-state index contributed by atoms with van der Waals surface area (Å²) in [5, 5.41) is 0. The number of carbonyl (C=O) groups is 1. The predicted octanol–water partition coefficient (Wildman–Crippen LogP) is 4.19. The van der Waals surface area contributed by atoms with E-state index >= 15 is 0 Å². The summed E-state index contributed by atoms with van der Waals surface area (Å²) in [6, 6.07) is 5.19. The van der Waals surface area contributed by atoms with Gasteiger partial charge in [0.15, 0.2) is 5.69 Å². The zero-order valence-electron chi connectivity index (χ0n) is 13.0. The molecule has 0 bridgehead atoms. The smallest absolute Gasteiger partial charge is 0.418 e. The molecule has 0 spiro atoms. The fourth-order valence-corrected chi connectivity index (χ4v) is 2.22. The summed E-state index contributed by atoms with van der Waals surface area (Å²) in [5.74, 6) is -0.457. The van der Waals surface area contributed by atoms with Gasteiger partial charge in [-0.3, -0.25) is 0 Å². The molecule has 0 N–H and O–H groups in total. The van der Waals surface area contributed by atoms with Gasteiger partial charge in [-0.2, -0.15) is 13.2 Å². The number of alkyl halides is 3. The molecule has 1 heterocycles. The van der Waals surface area contributed by atoms with Crippen LogP contribution in [0.25, 0.3) is 5.69 Å². The van der Waals surface area contributed by atoms with Crippen LogP contribution in [0, 0.1) is 0 Å². The number of aromatic nitrogens is 2. The van der Waals surface area contributed by atoms with Crippen LogP contribution >= 0.6 is 0 Å². The van der Waals surface area contributed by atoms with Crippen LogP contribution in [0.2, 0.25) is 0 Å². The van der Waals surface area contributed by atoms with E-state index in [2.05, 4.69) is 4.98 Å². The third kappa shape index (κ3) is 3.55. The van der Waals surface area contributed by atoms with Crippen LogP contribution in [-0.2, 0) is 10.9 Å². The maximum absolute atomic E-state index is 13.2. The Balaban J connectivity index is 2.62. The molecule has 1 aromatic carbocycles. The van der Waals surface area contributed by atoms with Crippen molar-refractivity contribution in [1.29, 1.82) is 0 Å². The second kappa shape index (κ2) is 6.44. The molecule has 23 heavy (non-hydrogen) atoms. The maximum Gasteiger partial charge on any atom is 0.418 e. The molecule has 0 aliphatic carbocycles. The van der Waals surface area contributed by atoms with E-state index in [0.29, 0.717) is 5.82 Å². The topological polar surface area (TPSA) is 44.1 Å². The van der Waals surface area contributed by atoms with E-state index in [0.717, 1.165) is 6.07 Å². The quantitative estimate of drug-likeness (QED) is 0.791. The Bertz CT molecular complexity index is 706. The second-order valence-corrected chi connectivity index (χ2v) is 5.24. The van der Waals surface area contributed by atoms with Gasteiger partial charge >= 0.3 is 12.1 Å². The van der Waals surface area contributed by atoms with Crippen LogP contribution < -0.4 is 0 Å². The third-order valence-corrected chi connectivity index (χ3v) is 3.20. The van der Waals surface area contributed by atoms with Crippen molar-refractivity contribution in [2.75, 3.05) is 6.61 Å². The monoisotopic (exact) mass is 326 g/mol. The lowest BCUT2D eigenvalue weighted by Gasteiger charge is -2.16. The zero-order chi connectivity index (χ0) is 17.2. The Morgan fingerprint density at radius 1 is 1.30 bits per heavy atom. The molecule has 1 aromatic heterocycles. The van der Waals surface area contributed by atoms with Crippen LogP contribution in [0.15, 0.2) is 30.5 Å².